The highest BCUT2D eigenvalue weighted by Crippen LogP contribution is 2.23. The standard InChI is InChI=1S/C13H21NS/c1-10(2)9-15-13-5-4-12(6-7-14)11(3)8-13/h4-5,8,10H,6-7,9,14H2,1-3H3. The summed E-state index contributed by atoms with van der Waals surface area (Å²) in [5, 5.41) is 0. The van der Waals surface area contributed by atoms with Crippen LogP contribution in [0.2, 0.25) is 0 Å². The van der Waals surface area contributed by atoms with Crippen LogP contribution in [0.5, 0.6) is 0 Å². The van der Waals surface area contributed by atoms with Gasteiger partial charge in [-0.15, -0.1) is 11.8 Å². The van der Waals surface area contributed by atoms with Gasteiger partial charge < -0.3 is 5.73 Å². The van der Waals surface area contributed by atoms with Gasteiger partial charge in [0, 0.05) is 10.6 Å². The second-order valence-electron chi connectivity index (χ2n) is 4.33. The lowest BCUT2D eigenvalue weighted by Gasteiger charge is -2.08. The van der Waals surface area contributed by atoms with Gasteiger partial charge in [0.2, 0.25) is 0 Å². The molecule has 0 aromatic heterocycles. The van der Waals surface area contributed by atoms with Crippen molar-refractivity contribution in [2.45, 2.75) is 32.1 Å². The van der Waals surface area contributed by atoms with E-state index in [4.69, 9.17) is 5.73 Å². The van der Waals surface area contributed by atoms with Crippen LogP contribution in [0.3, 0.4) is 0 Å². The number of thioether (sulfide) groups is 1. The number of hydrogen-bond acceptors (Lipinski definition) is 2. The van der Waals surface area contributed by atoms with Gasteiger partial charge in [0.1, 0.15) is 0 Å². The van der Waals surface area contributed by atoms with Crippen LogP contribution in [0.15, 0.2) is 23.1 Å². The Morgan fingerprint density at radius 2 is 2.07 bits per heavy atom. The monoisotopic (exact) mass is 223 g/mol. The molecule has 1 aromatic carbocycles. The molecule has 84 valence electrons. The van der Waals surface area contributed by atoms with Crippen LogP contribution in [0.25, 0.3) is 0 Å². The van der Waals surface area contributed by atoms with Gasteiger partial charge in [0.15, 0.2) is 0 Å². The van der Waals surface area contributed by atoms with Gasteiger partial charge in [-0.3, -0.25) is 0 Å². The lowest BCUT2D eigenvalue weighted by atomic mass is 10.1. The van der Waals surface area contributed by atoms with Crippen LogP contribution in [0.1, 0.15) is 25.0 Å². The molecule has 1 rings (SSSR count). The van der Waals surface area contributed by atoms with Crippen molar-refractivity contribution in [1.29, 1.82) is 0 Å². The van der Waals surface area contributed by atoms with Crippen LogP contribution in [0, 0.1) is 12.8 Å². The Hall–Kier alpha value is -0.470. The summed E-state index contributed by atoms with van der Waals surface area (Å²) in [4.78, 5) is 1.38. The average molecular weight is 223 g/mol. The molecular weight excluding hydrogens is 202 g/mol. The van der Waals surface area contributed by atoms with Crippen LogP contribution >= 0.6 is 11.8 Å². The van der Waals surface area contributed by atoms with Crippen LogP contribution in [-0.2, 0) is 6.42 Å². The maximum Gasteiger partial charge on any atom is 0.00748 e. The quantitative estimate of drug-likeness (QED) is 0.776. The highest BCUT2D eigenvalue weighted by atomic mass is 32.2. The Balaban J connectivity index is 2.64. The van der Waals surface area contributed by atoms with E-state index >= 15 is 0 Å². The minimum absolute atomic E-state index is 0.735. The first kappa shape index (κ1) is 12.6. The topological polar surface area (TPSA) is 26.0 Å². The number of aryl methyl sites for hydroxylation is 1. The molecule has 0 spiro atoms. The molecule has 0 aliphatic carbocycles. The highest BCUT2D eigenvalue weighted by molar-refractivity contribution is 7.99. The molecule has 0 fully saturated rings. The van der Waals surface area contributed by atoms with E-state index in [1.54, 1.807) is 0 Å². The molecule has 0 atom stereocenters. The van der Waals surface area contributed by atoms with Gasteiger partial charge in [-0.2, -0.15) is 0 Å². The molecule has 2 N–H and O–H groups in total. The number of nitrogens with two attached hydrogens (primary N) is 1. The van der Waals surface area contributed by atoms with Crippen molar-refractivity contribution in [3.63, 3.8) is 0 Å². The van der Waals surface area contributed by atoms with E-state index in [1.165, 1.54) is 21.8 Å². The van der Waals surface area contributed by atoms with E-state index in [2.05, 4.69) is 39.0 Å². The fourth-order valence-corrected chi connectivity index (χ4v) is 2.41. The lowest BCUT2D eigenvalue weighted by Crippen LogP contribution is -2.04. The van der Waals surface area contributed by atoms with E-state index in [0.29, 0.717) is 0 Å². The van der Waals surface area contributed by atoms with Crippen LogP contribution in [-0.4, -0.2) is 12.3 Å². The Bertz CT molecular complexity index is 307. The largest absolute Gasteiger partial charge is 0.330 e. The average Bonchev–Trinajstić information content (AvgIpc) is 2.19. The molecule has 0 aliphatic heterocycles. The van der Waals surface area contributed by atoms with E-state index in [0.717, 1.165) is 18.9 Å². The first-order valence-electron chi connectivity index (χ1n) is 5.56. The summed E-state index contributed by atoms with van der Waals surface area (Å²) in [6.07, 6.45) is 0.987. The Kier molecular flexibility index (Phi) is 5.20. The van der Waals surface area contributed by atoms with Crippen molar-refractivity contribution < 1.29 is 0 Å². The van der Waals surface area contributed by atoms with E-state index in [9.17, 15) is 0 Å². The first-order chi connectivity index (χ1) is 7.13. The normalized spacial score (nSPS) is 11.0. The number of hydrogen-bond donors (Lipinski definition) is 1. The summed E-state index contributed by atoms with van der Waals surface area (Å²) in [5.41, 5.74) is 8.31. The molecule has 2 heteroatoms. The first-order valence-corrected chi connectivity index (χ1v) is 6.54. The van der Waals surface area contributed by atoms with Crippen molar-refractivity contribution in [2.75, 3.05) is 12.3 Å². The van der Waals surface area contributed by atoms with Gasteiger partial charge >= 0.3 is 0 Å². The summed E-state index contributed by atoms with van der Waals surface area (Å²) >= 11 is 1.94. The summed E-state index contributed by atoms with van der Waals surface area (Å²) in [6, 6.07) is 6.70. The molecule has 0 bridgehead atoms. The fraction of sp³-hybridized carbons (Fsp3) is 0.538. The highest BCUT2D eigenvalue weighted by Gasteiger charge is 2.01. The molecule has 0 saturated carbocycles. The van der Waals surface area contributed by atoms with Gasteiger partial charge in [-0.1, -0.05) is 19.9 Å². The smallest absolute Gasteiger partial charge is 0.00748 e. The molecule has 0 unspecified atom stereocenters. The molecule has 0 heterocycles. The predicted octanol–water partition coefficient (Wildman–Crippen LogP) is 3.24. The number of benzene rings is 1. The van der Waals surface area contributed by atoms with Crippen LogP contribution in [0.4, 0.5) is 0 Å². The molecule has 1 nitrogen and oxygen atoms in total. The molecule has 0 aliphatic rings. The maximum atomic E-state index is 5.56. The van der Waals surface area contributed by atoms with Gasteiger partial charge in [0.05, 0.1) is 0 Å². The van der Waals surface area contributed by atoms with Crippen LogP contribution < -0.4 is 5.73 Å². The molecular formula is C13H21NS. The third-order valence-electron chi connectivity index (χ3n) is 2.31. The van der Waals surface area contributed by atoms with Gasteiger partial charge in [-0.25, -0.2) is 0 Å². The van der Waals surface area contributed by atoms with E-state index in [-0.39, 0.29) is 0 Å². The minimum atomic E-state index is 0.735. The maximum absolute atomic E-state index is 5.56. The Morgan fingerprint density at radius 1 is 1.33 bits per heavy atom. The zero-order chi connectivity index (χ0) is 11.3. The fourth-order valence-electron chi connectivity index (χ4n) is 1.46. The minimum Gasteiger partial charge on any atom is -0.330 e. The van der Waals surface area contributed by atoms with Gasteiger partial charge in [0.25, 0.3) is 0 Å². The Labute approximate surface area is 97.4 Å². The van der Waals surface area contributed by atoms with Crippen molar-refractivity contribution in [2.24, 2.45) is 11.7 Å². The molecule has 0 saturated heterocycles. The predicted molar refractivity (Wildman–Crippen MR) is 69.5 cm³/mol. The zero-order valence-corrected chi connectivity index (χ0v) is 10.7. The third kappa shape index (κ3) is 4.27. The van der Waals surface area contributed by atoms with Crippen molar-refractivity contribution in [3.8, 4) is 0 Å². The molecule has 0 amide bonds. The number of rotatable bonds is 5. The SMILES string of the molecule is Cc1cc(SCC(C)C)ccc1CCN. The zero-order valence-electron chi connectivity index (χ0n) is 9.92. The van der Waals surface area contributed by atoms with Gasteiger partial charge in [-0.05, 0) is 49.1 Å². The van der Waals surface area contributed by atoms with Crippen molar-refractivity contribution >= 4 is 11.8 Å². The summed E-state index contributed by atoms with van der Waals surface area (Å²) in [7, 11) is 0. The summed E-state index contributed by atoms with van der Waals surface area (Å²) < 4.78 is 0. The molecule has 15 heavy (non-hydrogen) atoms. The van der Waals surface area contributed by atoms with E-state index in [1.807, 2.05) is 11.8 Å². The van der Waals surface area contributed by atoms with E-state index < -0.39 is 0 Å². The summed E-state index contributed by atoms with van der Waals surface area (Å²) in [5.74, 6) is 1.94. The molecule has 1 aromatic rings. The van der Waals surface area contributed by atoms with Crippen molar-refractivity contribution in [1.82, 2.24) is 0 Å². The third-order valence-corrected chi connectivity index (χ3v) is 3.73. The van der Waals surface area contributed by atoms with Crippen molar-refractivity contribution in [3.05, 3.63) is 29.3 Å². The molecule has 0 radical (unpaired) electrons. The Morgan fingerprint density at radius 3 is 2.60 bits per heavy atom. The second kappa shape index (κ2) is 6.19. The second-order valence-corrected chi connectivity index (χ2v) is 5.43. The lowest BCUT2D eigenvalue weighted by molar-refractivity contribution is 0.750. The summed E-state index contributed by atoms with van der Waals surface area (Å²) in [6.45, 7) is 7.41.